The highest BCUT2D eigenvalue weighted by Crippen LogP contribution is 2.22. The molecule has 0 saturated heterocycles. The van der Waals surface area contributed by atoms with Crippen LogP contribution >= 0.6 is 38.9 Å². The van der Waals surface area contributed by atoms with Gasteiger partial charge in [0.15, 0.2) is 0 Å². The van der Waals surface area contributed by atoms with Gasteiger partial charge in [-0.05, 0) is 53.2 Å². The number of hydrogen-bond donors (Lipinski definition) is 1. The summed E-state index contributed by atoms with van der Waals surface area (Å²) in [6, 6.07) is 9.20. The van der Waals surface area contributed by atoms with Crippen molar-refractivity contribution in [3.05, 3.63) is 55.1 Å². The van der Waals surface area contributed by atoms with E-state index in [2.05, 4.69) is 21.2 Å². The average Bonchev–Trinajstić information content (AvgIpc) is 2.72. The van der Waals surface area contributed by atoms with E-state index in [-0.39, 0.29) is 5.91 Å². The molecule has 0 saturated carbocycles. The largest absolute Gasteiger partial charge is 0.347 e. The van der Waals surface area contributed by atoms with Crippen molar-refractivity contribution in [2.24, 2.45) is 0 Å². The molecule has 2 rings (SSSR count). The van der Waals surface area contributed by atoms with Gasteiger partial charge in [-0.15, -0.1) is 11.3 Å². The SMILES string of the molecule is Cc1ccc(CNC(=O)c2ccc(Cl)cc2Br)s1. The molecule has 1 aromatic heterocycles. The Kier molecular flexibility index (Phi) is 4.43. The Labute approximate surface area is 123 Å². The number of halogens is 2. The Morgan fingerprint density at radius 1 is 1.39 bits per heavy atom. The van der Waals surface area contributed by atoms with Gasteiger partial charge >= 0.3 is 0 Å². The van der Waals surface area contributed by atoms with Gasteiger partial charge in [0, 0.05) is 19.2 Å². The van der Waals surface area contributed by atoms with Gasteiger partial charge in [0.25, 0.3) is 5.91 Å². The number of aryl methyl sites for hydroxylation is 1. The first-order valence-corrected chi connectivity index (χ1v) is 7.33. The molecule has 0 aliphatic rings. The Morgan fingerprint density at radius 2 is 2.17 bits per heavy atom. The zero-order chi connectivity index (χ0) is 13.1. The van der Waals surface area contributed by atoms with Gasteiger partial charge in [0.1, 0.15) is 0 Å². The topological polar surface area (TPSA) is 29.1 Å². The highest BCUT2D eigenvalue weighted by atomic mass is 79.9. The second-order valence-corrected chi connectivity index (χ2v) is 6.48. The number of hydrogen-bond acceptors (Lipinski definition) is 2. The highest BCUT2D eigenvalue weighted by Gasteiger charge is 2.10. The lowest BCUT2D eigenvalue weighted by Crippen LogP contribution is -2.22. The first-order chi connectivity index (χ1) is 8.56. The van der Waals surface area contributed by atoms with E-state index in [0.29, 0.717) is 21.6 Å². The van der Waals surface area contributed by atoms with Crippen LogP contribution < -0.4 is 5.32 Å². The number of nitrogens with one attached hydrogen (secondary N) is 1. The molecule has 0 bridgehead atoms. The van der Waals surface area contributed by atoms with Gasteiger partial charge in [-0.2, -0.15) is 0 Å². The normalized spacial score (nSPS) is 10.4. The fourth-order valence-corrected chi connectivity index (χ4v) is 3.21. The summed E-state index contributed by atoms with van der Waals surface area (Å²) in [5, 5.41) is 3.49. The molecule has 1 amide bonds. The van der Waals surface area contributed by atoms with Crippen LogP contribution in [-0.4, -0.2) is 5.91 Å². The third-order valence-electron chi connectivity index (χ3n) is 2.39. The number of carbonyl (C=O) groups is 1. The summed E-state index contributed by atoms with van der Waals surface area (Å²) in [4.78, 5) is 14.4. The van der Waals surface area contributed by atoms with Crippen molar-refractivity contribution in [1.82, 2.24) is 5.32 Å². The molecule has 1 N–H and O–H groups in total. The van der Waals surface area contributed by atoms with Gasteiger partial charge in [-0.25, -0.2) is 0 Å². The van der Waals surface area contributed by atoms with E-state index in [1.54, 1.807) is 29.5 Å². The molecular weight excluding hydrogens is 334 g/mol. The molecule has 0 fully saturated rings. The maximum Gasteiger partial charge on any atom is 0.252 e. The fourth-order valence-electron chi connectivity index (χ4n) is 1.52. The zero-order valence-corrected chi connectivity index (χ0v) is 12.8. The Bertz CT molecular complexity index is 582. The molecule has 1 heterocycles. The molecule has 18 heavy (non-hydrogen) atoms. The smallest absolute Gasteiger partial charge is 0.252 e. The average molecular weight is 345 g/mol. The summed E-state index contributed by atoms with van der Waals surface area (Å²) in [7, 11) is 0. The van der Waals surface area contributed by atoms with Gasteiger partial charge in [0.05, 0.1) is 12.1 Å². The van der Waals surface area contributed by atoms with E-state index in [1.807, 2.05) is 19.1 Å². The maximum atomic E-state index is 12.0. The van der Waals surface area contributed by atoms with E-state index in [0.717, 1.165) is 4.88 Å². The Balaban J connectivity index is 2.03. The number of carbonyl (C=O) groups excluding carboxylic acids is 1. The van der Waals surface area contributed by atoms with Crippen LogP contribution in [0.3, 0.4) is 0 Å². The first-order valence-electron chi connectivity index (χ1n) is 5.35. The predicted octanol–water partition coefficient (Wildman–Crippen LogP) is 4.40. The van der Waals surface area contributed by atoms with Crippen molar-refractivity contribution in [3.8, 4) is 0 Å². The van der Waals surface area contributed by atoms with Crippen LogP contribution in [0.4, 0.5) is 0 Å². The van der Waals surface area contributed by atoms with Crippen LogP contribution in [-0.2, 0) is 6.54 Å². The minimum Gasteiger partial charge on any atom is -0.347 e. The lowest BCUT2D eigenvalue weighted by atomic mass is 10.2. The summed E-state index contributed by atoms with van der Waals surface area (Å²) in [5.74, 6) is -0.107. The number of rotatable bonds is 3. The van der Waals surface area contributed by atoms with Crippen LogP contribution in [0.2, 0.25) is 5.02 Å². The minimum absolute atomic E-state index is 0.107. The van der Waals surface area contributed by atoms with Crippen molar-refractivity contribution in [1.29, 1.82) is 0 Å². The number of amides is 1. The molecule has 0 unspecified atom stereocenters. The second kappa shape index (κ2) is 5.87. The summed E-state index contributed by atoms with van der Waals surface area (Å²) in [6.07, 6.45) is 0. The lowest BCUT2D eigenvalue weighted by Gasteiger charge is -2.06. The molecule has 0 radical (unpaired) electrons. The quantitative estimate of drug-likeness (QED) is 0.878. The summed E-state index contributed by atoms with van der Waals surface area (Å²) in [5.41, 5.74) is 0.590. The van der Waals surface area contributed by atoms with Crippen molar-refractivity contribution >= 4 is 44.8 Å². The Morgan fingerprint density at radius 3 is 2.78 bits per heavy atom. The van der Waals surface area contributed by atoms with Crippen LogP contribution in [0, 0.1) is 6.92 Å². The maximum absolute atomic E-state index is 12.0. The van der Waals surface area contributed by atoms with E-state index < -0.39 is 0 Å². The summed E-state index contributed by atoms with van der Waals surface area (Å²) in [6.45, 7) is 2.60. The van der Waals surface area contributed by atoms with Crippen molar-refractivity contribution in [3.63, 3.8) is 0 Å². The van der Waals surface area contributed by atoms with E-state index >= 15 is 0 Å². The molecule has 0 aliphatic heterocycles. The molecule has 2 nitrogen and oxygen atoms in total. The minimum atomic E-state index is -0.107. The van der Waals surface area contributed by atoms with Crippen LogP contribution in [0.5, 0.6) is 0 Å². The molecule has 5 heteroatoms. The highest BCUT2D eigenvalue weighted by molar-refractivity contribution is 9.10. The van der Waals surface area contributed by atoms with Gasteiger partial charge in [-0.3, -0.25) is 4.79 Å². The predicted molar refractivity (Wildman–Crippen MR) is 79.4 cm³/mol. The lowest BCUT2D eigenvalue weighted by molar-refractivity contribution is 0.0950. The van der Waals surface area contributed by atoms with Crippen LogP contribution in [0.1, 0.15) is 20.1 Å². The molecular formula is C13H11BrClNOS. The van der Waals surface area contributed by atoms with Crippen molar-refractivity contribution in [2.75, 3.05) is 0 Å². The molecule has 0 atom stereocenters. The van der Waals surface area contributed by atoms with Gasteiger partial charge in [-0.1, -0.05) is 11.6 Å². The standard InChI is InChI=1S/C13H11BrClNOS/c1-8-2-4-10(18-8)7-16-13(17)11-5-3-9(15)6-12(11)14/h2-6H,7H2,1H3,(H,16,17). The fraction of sp³-hybridized carbons (Fsp3) is 0.154. The second-order valence-electron chi connectivity index (χ2n) is 3.82. The Hall–Kier alpha value is -0.840. The van der Waals surface area contributed by atoms with E-state index in [9.17, 15) is 4.79 Å². The molecule has 94 valence electrons. The van der Waals surface area contributed by atoms with Crippen molar-refractivity contribution in [2.45, 2.75) is 13.5 Å². The first kappa shape index (κ1) is 13.6. The van der Waals surface area contributed by atoms with Crippen molar-refractivity contribution < 1.29 is 4.79 Å². The van der Waals surface area contributed by atoms with Crippen LogP contribution in [0.15, 0.2) is 34.8 Å². The van der Waals surface area contributed by atoms with Gasteiger partial charge < -0.3 is 5.32 Å². The number of thiophene rings is 1. The monoisotopic (exact) mass is 343 g/mol. The molecule has 0 aliphatic carbocycles. The molecule has 1 aromatic carbocycles. The van der Waals surface area contributed by atoms with E-state index in [4.69, 9.17) is 11.6 Å². The third kappa shape index (κ3) is 3.34. The number of benzene rings is 1. The summed E-state index contributed by atoms with van der Waals surface area (Å²) < 4.78 is 0.704. The molecule has 2 aromatic rings. The van der Waals surface area contributed by atoms with Crippen LogP contribution in [0.25, 0.3) is 0 Å². The van der Waals surface area contributed by atoms with Gasteiger partial charge in [0.2, 0.25) is 0 Å². The molecule has 0 spiro atoms. The third-order valence-corrected chi connectivity index (χ3v) is 4.29. The van der Waals surface area contributed by atoms with E-state index in [1.165, 1.54) is 4.88 Å². The zero-order valence-electron chi connectivity index (χ0n) is 9.67. The summed E-state index contributed by atoms with van der Waals surface area (Å²) >= 11 is 10.9.